The Balaban J connectivity index is 2.52. The Labute approximate surface area is 75.1 Å². The standard InChI is InChI=1S/C11H18N/c1-10(2)6-8-12-7-4-5-11(3)9-12/h4-5,7,9-10H,6,8H2,1-3H3/q+1. The van der Waals surface area contributed by atoms with E-state index in [2.05, 4.69) is 49.9 Å². The van der Waals surface area contributed by atoms with Crippen molar-refractivity contribution in [3.63, 3.8) is 0 Å². The van der Waals surface area contributed by atoms with E-state index >= 15 is 0 Å². The zero-order chi connectivity index (χ0) is 8.97. The highest BCUT2D eigenvalue weighted by Crippen LogP contribution is 1.98. The predicted molar refractivity (Wildman–Crippen MR) is 50.8 cm³/mol. The van der Waals surface area contributed by atoms with Crippen molar-refractivity contribution < 1.29 is 4.57 Å². The first kappa shape index (κ1) is 9.24. The van der Waals surface area contributed by atoms with Gasteiger partial charge in [-0.2, -0.15) is 0 Å². The van der Waals surface area contributed by atoms with Crippen LogP contribution < -0.4 is 4.57 Å². The molecule has 0 amide bonds. The summed E-state index contributed by atoms with van der Waals surface area (Å²) in [5.41, 5.74) is 1.33. The van der Waals surface area contributed by atoms with E-state index in [4.69, 9.17) is 0 Å². The molecule has 1 heteroatoms. The summed E-state index contributed by atoms with van der Waals surface area (Å²) in [4.78, 5) is 0. The topological polar surface area (TPSA) is 3.88 Å². The van der Waals surface area contributed by atoms with Crippen LogP contribution in [-0.4, -0.2) is 0 Å². The van der Waals surface area contributed by atoms with Crippen LogP contribution in [0.5, 0.6) is 0 Å². The molecule has 0 radical (unpaired) electrons. The minimum Gasteiger partial charge on any atom is -0.205 e. The van der Waals surface area contributed by atoms with Crippen LogP contribution in [-0.2, 0) is 6.54 Å². The van der Waals surface area contributed by atoms with Gasteiger partial charge in [0.15, 0.2) is 12.4 Å². The maximum atomic E-state index is 2.26. The molecule has 1 aromatic heterocycles. The summed E-state index contributed by atoms with van der Waals surface area (Å²) in [6.07, 6.45) is 5.59. The Morgan fingerprint density at radius 3 is 2.75 bits per heavy atom. The van der Waals surface area contributed by atoms with Crippen molar-refractivity contribution in [1.29, 1.82) is 0 Å². The van der Waals surface area contributed by atoms with Gasteiger partial charge < -0.3 is 0 Å². The molecule has 0 aliphatic heterocycles. The third kappa shape index (κ3) is 3.04. The summed E-state index contributed by atoms with van der Waals surface area (Å²) in [5, 5.41) is 0. The smallest absolute Gasteiger partial charge is 0.171 e. The Bertz CT molecular complexity index is 241. The van der Waals surface area contributed by atoms with Crippen LogP contribution in [0.3, 0.4) is 0 Å². The van der Waals surface area contributed by atoms with E-state index in [1.165, 1.54) is 12.0 Å². The number of hydrogen-bond acceptors (Lipinski definition) is 0. The molecule has 0 saturated carbocycles. The monoisotopic (exact) mass is 164 g/mol. The first-order valence-electron chi connectivity index (χ1n) is 4.64. The van der Waals surface area contributed by atoms with Gasteiger partial charge in [0.2, 0.25) is 0 Å². The van der Waals surface area contributed by atoms with E-state index < -0.39 is 0 Å². The molecule has 0 fully saturated rings. The van der Waals surface area contributed by atoms with Crippen molar-refractivity contribution in [3.8, 4) is 0 Å². The summed E-state index contributed by atoms with van der Waals surface area (Å²) < 4.78 is 2.26. The fraction of sp³-hybridized carbons (Fsp3) is 0.545. The molecule has 0 aliphatic rings. The maximum Gasteiger partial charge on any atom is 0.171 e. The second-order valence-electron chi connectivity index (χ2n) is 3.80. The first-order chi connectivity index (χ1) is 5.68. The maximum absolute atomic E-state index is 2.26. The van der Waals surface area contributed by atoms with Gasteiger partial charge in [-0.1, -0.05) is 13.8 Å². The summed E-state index contributed by atoms with van der Waals surface area (Å²) in [5.74, 6) is 0.790. The molecule has 0 unspecified atom stereocenters. The van der Waals surface area contributed by atoms with E-state index in [0.717, 1.165) is 12.5 Å². The molecule has 0 saturated heterocycles. The largest absolute Gasteiger partial charge is 0.205 e. The van der Waals surface area contributed by atoms with E-state index in [-0.39, 0.29) is 0 Å². The minimum atomic E-state index is 0.790. The zero-order valence-electron chi connectivity index (χ0n) is 8.25. The lowest BCUT2D eigenvalue weighted by Crippen LogP contribution is -2.33. The number of hydrogen-bond donors (Lipinski definition) is 0. The highest BCUT2D eigenvalue weighted by atomic mass is 14.9. The molecule has 0 aromatic carbocycles. The summed E-state index contributed by atoms with van der Waals surface area (Å²) in [7, 11) is 0. The number of rotatable bonds is 3. The average molecular weight is 164 g/mol. The number of pyridine rings is 1. The lowest BCUT2D eigenvalue weighted by molar-refractivity contribution is -0.698. The SMILES string of the molecule is Cc1ccc[n+](CCC(C)C)c1. The highest BCUT2D eigenvalue weighted by Gasteiger charge is 2.01. The predicted octanol–water partition coefficient (Wildman–Crippen LogP) is 2.33. The van der Waals surface area contributed by atoms with Crippen LogP contribution in [0, 0.1) is 12.8 Å². The molecular weight excluding hydrogens is 146 g/mol. The van der Waals surface area contributed by atoms with Crippen LogP contribution in [0.2, 0.25) is 0 Å². The van der Waals surface area contributed by atoms with Crippen molar-refractivity contribution in [3.05, 3.63) is 30.1 Å². The number of aryl methyl sites for hydroxylation is 2. The lowest BCUT2D eigenvalue weighted by atomic mass is 10.1. The van der Waals surface area contributed by atoms with Gasteiger partial charge in [0.05, 0.1) is 0 Å². The van der Waals surface area contributed by atoms with Crippen LogP contribution in [0.25, 0.3) is 0 Å². The van der Waals surface area contributed by atoms with Gasteiger partial charge >= 0.3 is 0 Å². The number of aromatic nitrogens is 1. The highest BCUT2D eigenvalue weighted by molar-refractivity contribution is 5.01. The molecule has 66 valence electrons. The van der Waals surface area contributed by atoms with Gasteiger partial charge in [0.1, 0.15) is 6.54 Å². The molecule has 0 atom stereocenters. The van der Waals surface area contributed by atoms with Crippen molar-refractivity contribution >= 4 is 0 Å². The van der Waals surface area contributed by atoms with Crippen molar-refractivity contribution in [1.82, 2.24) is 0 Å². The van der Waals surface area contributed by atoms with Gasteiger partial charge in [-0.15, -0.1) is 0 Å². The Hall–Kier alpha value is -0.850. The lowest BCUT2D eigenvalue weighted by Gasteiger charge is -2.00. The molecule has 0 bridgehead atoms. The van der Waals surface area contributed by atoms with E-state index in [0.29, 0.717) is 0 Å². The molecule has 1 aromatic rings. The van der Waals surface area contributed by atoms with Gasteiger partial charge in [0.25, 0.3) is 0 Å². The Kier molecular flexibility index (Phi) is 3.27. The van der Waals surface area contributed by atoms with Crippen LogP contribution >= 0.6 is 0 Å². The summed E-state index contributed by atoms with van der Waals surface area (Å²) in [6, 6.07) is 4.24. The quantitative estimate of drug-likeness (QED) is 0.604. The van der Waals surface area contributed by atoms with Crippen molar-refractivity contribution in [2.24, 2.45) is 5.92 Å². The number of nitrogens with zero attached hydrogens (tertiary/aromatic N) is 1. The van der Waals surface area contributed by atoms with Gasteiger partial charge in [-0.3, -0.25) is 0 Å². The van der Waals surface area contributed by atoms with E-state index in [1.807, 2.05) is 0 Å². The van der Waals surface area contributed by atoms with Crippen molar-refractivity contribution in [2.45, 2.75) is 33.7 Å². The second-order valence-corrected chi connectivity index (χ2v) is 3.80. The second kappa shape index (κ2) is 4.24. The van der Waals surface area contributed by atoms with Crippen molar-refractivity contribution in [2.75, 3.05) is 0 Å². The minimum absolute atomic E-state index is 0.790. The van der Waals surface area contributed by atoms with E-state index in [9.17, 15) is 0 Å². The molecular formula is C11H18N+. The molecule has 0 aliphatic carbocycles. The summed E-state index contributed by atoms with van der Waals surface area (Å²) in [6.45, 7) is 7.79. The van der Waals surface area contributed by atoms with Crippen LogP contribution in [0.15, 0.2) is 24.5 Å². The third-order valence-electron chi connectivity index (χ3n) is 1.97. The van der Waals surface area contributed by atoms with Gasteiger partial charge in [-0.25, -0.2) is 4.57 Å². The molecule has 1 nitrogen and oxygen atoms in total. The third-order valence-corrected chi connectivity index (χ3v) is 1.97. The normalized spacial score (nSPS) is 10.7. The Morgan fingerprint density at radius 2 is 2.17 bits per heavy atom. The van der Waals surface area contributed by atoms with Crippen LogP contribution in [0.4, 0.5) is 0 Å². The molecule has 1 heterocycles. The zero-order valence-corrected chi connectivity index (χ0v) is 8.25. The first-order valence-corrected chi connectivity index (χ1v) is 4.64. The molecule has 12 heavy (non-hydrogen) atoms. The van der Waals surface area contributed by atoms with Gasteiger partial charge in [0, 0.05) is 18.1 Å². The molecule has 0 N–H and O–H groups in total. The van der Waals surface area contributed by atoms with Crippen LogP contribution in [0.1, 0.15) is 25.8 Å². The fourth-order valence-corrected chi connectivity index (χ4v) is 1.20. The summed E-state index contributed by atoms with van der Waals surface area (Å²) >= 11 is 0. The molecule has 0 spiro atoms. The fourth-order valence-electron chi connectivity index (χ4n) is 1.20. The average Bonchev–Trinajstić information content (AvgIpc) is 2.01. The van der Waals surface area contributed by atoms with E-state index in [1.54, 1.807) is 0 Å². The van der Waals surface area contributed by atoms with Gasteiger partial charge in [-0.05, 0) is 18.9 Å². The molecule has 1 rings (SSSR count). The Morgan fingerprint density at radius 1 is 1.42 bits per heavy atom.